The summed E-state index contributed by atoms with van der Waals surface area (Å²) in [6, 6.07) is 14.3. The van der Waals surface area contributed by atoms with Crippen LogP contribution in [0.2, 0.25) is 0 Å². The van der Waals surface area contributed by atoms with Crippen molar-refractivity contribution >= 4 is 58.3 Å². The quantitative estimate of drug-likeness (QED) is 0.370. The van der Waals surface area contributed by atoms with Gasteiger partial charge in [0, 0.05) is 18.7 Å². The fourth-order valence-corrected chi connectivity index (χ4v) is 8.30. The molecule has 0 unspecified atom stereocenters. The van der Waals surface area contributed by atoms with E-state index in [1.165, 1.54) is 15.6 Å². The number of hydrogen-bond donors (Lipinski definition) is 2. The molecule has 5 rings (SSSR count). The molecule has 3 heterocycles. The van der Waals surface area contributed by atoms with Gasteiger partial charge in [0.15, 0.2) is 0 Å². The van der Waals surface area contributed by atoms with Gasteiger partial charge in [0.05, 0.1) is 0 Å². The molecule has 12 heteroatoms. The molecule has 3 aromatic rings. The van der Waals surface area contributed by atoms with Gasteiger partial charge >= 0.3 is 184 Å². The number of nitrogens with one attached hydrogen (secondary N) is 2. The molecular weight excluding hydrogens is 701 g/mol. The third-order valence-corrected chi connectivity index (χ3v) is 10.5. The number of nitrogens with zero attached hydrogens (tertiary/aromatic N) is 3. The van der Waals surface area contributed by atoms with Crippen LogP contribution in [0.15, 0.2) is 53.4 Å². The van der Waals surface area contributed by atoms with E-state index in [0.29, 0.717) is 31.6 Å². The van der Waals surface area contributed by atoms with Crippen molar-refractivity contribution < 1.29 is 36.2 Å². The van der Waals surface area contributed by atoms with Gasteiger partial charge in [-0.05, 0) is 18.6 Å². The Morgan fingerprint density at radius 3 is 2.39 bits per heavy atom. The van der Waals surface area contributed by atoms with Gasteiger partial charge in [0.1, 0.15) is 0 Å². The van der Waals surface area contributed by atoms with Gasteiger partial charge in [-0.2, -0.15) is 0 Å². The van der Waals surface area contributed by atoms with Crippen LogP contribution < -0.4 is 15.5 Å². The minimum absolute atomic E-state index is 0.0632. The third kappa shape index (κ3) is 5.33. The number of sulfonamides is 1. The maximum absolute atomic E-state index is 13.7. The average Bonchev–Trinajstić information content (AvgIpc) is 3.51. The number of thiophene rings is 1. The Bertz CT molecular complexity index is 1480. The summed E-state index contributed by atoms with van der Waals surface area (Å²) in [4.78, 5) is 29.3. The number of rotatable bonds is 8. The van der Waals surface area contributed by atoms with Crippen molar-refractivity contribution in [2.24, 2.45) is 0 Å². The number of amides is 2. The Labute approximate surface area is 236 Å². The van der Waals surface area contributed by atoms with E-state index >= 15 is 0 Å². The first kappa shape index (κ1) is 27.1. The number of benzene rings is 2. The monoisotopic (exact) mass is 731 g/mol. The number of hydrogen-bond acceptors (Lipinski definition) is 7. The van der Waals surface area contributed by atoms with Crippen LogP contribution >= 0.6 is 11.3 Å². The summed E-state index contributed by atoms with van der Waals surface area (Å²) in [7, 11) is -3.71. The molecule has 0 atom stereocenters. The van der Waals surface area contributed by atoms with Crippen LogP contribution in [0, 0.1) is 0 Å². The zero-order chi connectivity index (χ0) is 26.9. The first-order valence-corrected chi connectivity index (χ1v) is 16.1. The van der Waals surface area contributed by atoms with Crippen LogP contribution in [0.1, 0.15) is 30.1 Å². The van der Waals surface area contributed by atoms with Gasteiger partial charge in [0.25, 0.3) is 0 Å². The summed E-state index contributed by atoms with van der Waals surface area (Å²) in [5.74, 6) is -0.0393. The van der Waals surface area contributed by atoms with E-state index in [-0.39, 0.29) is 29.8 Å². The van der Waals surface area contributed by atoms with Gasteiger partial charge in [0.2, 0.25) is 5.91 Å². The second-order valence-electron chi connectivity index (χ2n) is 9.10. The predicted molar refractivity (Wildman–Crippen MR) is 147 cm³/mol. The van der Waals surface area contributed by atoms with Gasteiger partial charge in [-0.25, -0.2) is 0 Å². The molecular formula is C26H29N5O4OsS2. The summed E-state index contributed by atoms with van der Waals surface area (Å²) >= 11 is 3.24. The summed E-state index contributed by atoms with van der Waals surface area (Å²) in [5, 5.41) is 8.29. The van der Waals surface area contributed by atoms with Crippen molar-refractivity contribution in [1.82, 2.24) is 14.5 Å². The molecule has 2 aromatic carbocycles. The molecule has 2 fully saturated rings. The standard InChI is InChI=1S/C26H29N5O4S2.Os/c1-2-27-18-28-25-24(21-6-3-4-7-22(21)36-25)26(33)29-14-16-30(17-15-29)37(34,35)20-11-9-19(10-12-20)31-13-5-8-23(31)32;/h3-4,6-7,9-12,27-28H,2,5,8,13-17H2,1H3;. The number of carbonyl (C=O) groups excluding carboxylic acids is 2. The molecule has 0 radical (unpaired) electrons. The van der Waals surface area contributed by atoms with Crippen LogP contribution in [0.4, 0.5) is 10.7 Å². The Kier molecular flexibility index (Phi) is 8.07. The fourth-order valence-electron chi connectivity index (χ4n) is 4.80. The number of piperazine rings is 1. The first-order chi connectivity index (χ1) is 18.3. The van der Waals surface area contributed by atoms with Gasteiger partial charge in [-0.15, -0.1) is 0 Å². The normalized spacial score (nSPS) is 16.8. The molecule has 0 aliphatic carbocycles. The fraction of sp³-hybridized carbons (Fsp3) is 0.346. The molecule has 2 N–H and O–H groups in total. The molecule has 9 nitrogen and oxygen atoms in total. The Morgan fingerprint density at radius 2 is 1.74 bits per heavy atom. The molecule has 2 amide bonds. The van der Waals surface area contributed by atoms with Crippen molar-refractivity contribution in [3.63, 3.8) is 0 Å². The van der Waals surface area contributed by atoms with Crippen LogP contribution in [0.5, 0.6) is 0 Å². The Balaban J connectivity index is 1.30. The van der Waals surface area contributed by atoms with Crippen LogP contribution in [0.25, 0.3) is 10.1 Å². The van der Waals surface area contributed by atoms with Gasteiger partial charge in [-0.1, -0.05) is 0 Å². The van der Waals surface area contributed by atoms with E-state index < -0.39 is 10.0 Å². The molecule has 0 bridgehead atoms. The van der Waals surface area contributed by atoms with E-state index in [4.69, 9.17) is 0 Å². The molecule has 0 saturated carbocycles. The summed E-state index contributed by atoms with van der Waals surface area (Å²) in [5.41, 5.74) is 1.34. The summed E-state index contributed by atoms with van der Waals surface area (Å²) < 4.78 is 30.0. The molecule has 38 heavy (non-hydrogen) atoms. The van der Waals surface area contributed by atoms with Gasteiger partial charge < -0.3 is 4.90 Å². The second kappa shape index (κ2) is 11.3. The van der Waals surface area contributed by atoms with E-state index in [1.807, 2.05) is 31.2 Å². The Hall–Kier alpha value is -2.48. The third-order valence-electron chi connectivity index (χ3n) is 6.74. The molecule has 1 aromatic heterocycles. The van der Waals surface area contributed by atoms with E-state index in [1.54, 1.807) is 52.2 Å². The van der Waals surface area contributed by atoms with Crippen molar-refractivity contribution in [2.75, 3.05) is 49.5 Å². The maximum atomic E-state index is 13.7. The SMILES string of the molecule is CCN[C](=[Os])Nc1sc2ccccc2c1C(=O)N1CCN(S(=O)(=O)c2ccc(N3CCCC3=O)cc2)CC1. The topological polar surface area (TPSA) is 102 Å². The number of carbonyl (C=O) groups is 2. The number of fused-ring (bicyclic) bond motifs is 1. The first-order valence-electron chi connectivity index (χ1n) is 12.5. The van der Waals surface area contributed by atoms with Crippen LogP contribution in [-0.2, 0) is 33.0 Å². The van der Waals surface area contributed by atoms with Crippen LogP contribution in [0.3, 0.4) is 0 Å². The molecule has 0 spiro atoms. The van der Waals surface area contributed by atoms with Crippen LogP contribution in [-0.4, -0.2) is 73.0 Å². The molecule has 202 valence electrons. The van der Waals surface area contributed by atoms with E-state index in [9.17, 15) is 18.0 Å². The second-order valence-corrected chi connectivity index (χ2v) is 13.4. The van der Waals surface area contributed by atoms with Crippen molar-refractivity contribution in [2.45, 2.75) is 24.7 Å². The minimum atomic E-state index is -3.71. The number of anilines is 2. The van der Waals surface area contributed by atoms with E-state index in [2.05, 4.69) is 10.6 Å². The molecule has 2 aliphatic rings. The zero-order valence-electron chi connectivity index (χ0n) is 20.9. The van der Waals surface area contributed by atoms with Crippen molar-refractivity contribution in [1.29, 1.82) is 0 Å². The average molecular weight is 730 g/mol. The Morgan fingerprint density at radius 1 is 1.03 bits per heavy atom. The molecule has 2 aliphatic heterocycles. The predicted octanol–water partition coefficient (Wildman–Crippen LogP) is 2.83. The van der Waals surface area contributed by atoms with Crippen molar-refractivity contribution in [3.05, 3.63) is 54.1 Å². The van der Waals surface area contributed by atoms with Gasteiger partial charge in [-0.3, -0.25) is 4.79 Å². The molecule has 2 saturated heterocycles. The summed E-state index contributed by atoms with van der Waals surface area (Å²) in [6.45, 7) is 4.49. The zero-order valence-corrected chi connectivity index (χ0v) is 25.1. The van der Waals surface area contributed by atoms with E-state index in [0.717, 1.165) is 38.1 Å². The van der Waals surface area contributed by atoms with Crippen molar-refractivity contribution in [3.8, 4) is 0 Å². The summed E-state index contributed by atoms with van der Waals surface area (Å²) in [6.07, 6.45) is 1.34.